The highest BCUT2D eigenvalue weighted by Crippen LogP contribution is 2.31. The summed E-state index contributed by atoms with van der Waals surface area (Å²) in [7, 11) is 0. The molecule has 0 spiro atoms. The van der Waals surface area contributed by atoms with Crippen LogP contribution in [-0.4, -0.2) is 31.9 Å². The summed E-state index contributed by atoms with van der Waals surface area (Å²) in [4.78, 5) is 12.9. The minimum atomic E-state index is -0.0959. The first-order valence-electron chi connectivity index (χ1n) is 15.0. The molecule has 0 saturated heterocycles. The summed E-state index contributed by atoms with van der Waals surface area (Å²) < 4.78 is 2.01. The van der Waals surface area contributed by atoms with Crippen molar-refractivity contribution in [3.05, 3.63) is 35.4 Å². The number of nitrogens with zero attached hydrogens (tertiary/aromatic N) is 3. The summed E-state index contributed by atoms with van der Waals surface area (Å²) in [5.41, 5.74) is 2.87. The molecule has 1 amide bonds. The summed E-state index contributed by atoms with van der Waals surface area (Å²) in [6.07, 6.45) is 23.0. The fourth-order valence-electron chi connectivity index (χ4n) is 6.28. The summed E-state index contributed by atoms with van der Waals surface area (Å²) in [5.74, 6) is 1.82. The average Bonchev–Trinajstić information content (AvgIpc) is 3.55. The fourth-order valence-corrected chi connectivity index (χ4v) is 6.28. The van der Waals surface area contributed by atoms with Gasteiger partial charge in [-0.2, -0.15) is 10.2 Å². The van der Waals surface area contributed by atoms with Gasteiger partial charge < -0.3 is 5.32 Å². The monoisotopic (exact) mass is 495 g/mol. The van der Waals surface area contributed by atoms with E-state index in [1.807, 2.05) is 10.7 Å². The third-order valence-corrected chi connectivity index (χ3v) is 8.54. The molecule has 0 aromatic carbocycles. The molecule has 0 aliphatic heterocycles. The summed E-state index contributed by atoms with van der Waals surface area (Å²) in [5, 5.41) is 15.6. The SMILES string of the molecule is C[C@@H]1CCCCC(c2cc(C(=O)N[C@H](C)Cn3ccc(C4CCCCCCCCC4)n3)n[nH]2)CCC1. The van der Waals surface area contributed by atoms with Gasteiger partial charge in [0.15, 0.2) is 0 Å². The molecule has 2 aromatic rings. The number of carbonyl (C=O) groups excluding carboxylic acids is 1. The van der Waals surface area contributed by atoms with Crippen LogP contribution in [0.1, 0.15) is 150 Å². The minimum absolute atomic E-state index is 0.0131. The lowest BCUT2D eigenvalue weighted by molar-refractivity contribution is 0.0931. The van der Waals surface area contributed by atoms with Crippen molar-refractivity contribution >= 4 is 5.91 Å². The van der Waals surface area contributed by atoms with Crippen molar-refractivity contribution < 1.29 is 4.79 Å². The lowest BCUT2D eigenvalue weighted by Gasteiger charge is -2.17. The van der Waals surface area contributed by atoms with E-state index in [-0.39, 0.29) is 11.9 Å². The number of rotatable bonds is 6. The molecule has 2 aliphatic carbocycles. The number of hydrogen-bond donors (Lipinski definition) is 2. The van der Waals surface area contributed by atoms with Crippen molar-refractivity contribution in [1.82, 2.24) is 25.3 Å². The van der Waals surface area contributed by atoms with E-state index in [1.54, 1.807) is 0 Å². The molecule has 2 aromatic heterocycles. The Morgan fingerprint density at radius 3 is 2.33 bits per heavy atom. The lowest BCUT2D eigenvalue weighted by atomic mass is 9.90. The minimum Gasteiger partial charge on any atom is -0.346 e. The highest BCUT2D eigenvalue weighted by molar-refractivity contribution is 5.92. The van der Waals surface area contributed by atoms with Gasteiger partial charge in [-0.15, -0.1) is 0 Å². The van der Waals surface area contributed by atoms with Gasteiger partial charge in [0.2, 0.25) is 0 Å². The van der Waals surface area contributed by atoms with Crippen LogP contribution in [0.5, 0.6) is 0 Å². The van der Waals surface area contributed by atoms with Gasteiger partial charge >= 0.3 is 0 Å². The van der Waals surface area contributed by atoms with Crippen LogP contribution in [0.2, 0.25) is 0 Å². The summed E-state index contributed by atoms with van der Waals surface area (Å²) in [6, 6.07) is 4.17. The fraction of sp³-hybridized carbons (Fsp3) is 0.767. The molecular formula is C30H49N5O. The Balaban J connectivity index is 1.28. The zero-order chi connectivity index (χ0) is 25.2. The molecule has 3 atom stereocenters. The molecule has 200 valence electrons. The molecule has 1 unspecified atom stereocenters. The zero-order valence-electron chi connectivity index (χ0n) is 22.8. The van der Waals surface area contributed by atoms with E-state index in [9.17, 15) is 4.79 Å². The number of hydrogen-bond acceptors (Lipinski definition) is 3. The molecular weight excluding hydrogens is 446 g/mol. The molecule has 0 bridgehead atoms. The van der Waals surface area contributed by atoms with Gasteiger partial charge in [-0.25, -0.2) is 0 Å². The Kier molecular flexibility index (Phi) is 10.5. The van der Waals surface area contributed by atoms with Crippen molar-refractivity contribution in [2.75, 3.05) is 0 Å². The number of aromatic amines is 1. The normalized spacial score (nSPS) is 24.3. The molecule has 2 heterocycles. The maximum Gasteiger partial charge on any atom is 0.272 e. The molecule has 2 saturated carbocycles. The first kappa shape index (κ1) is 26.9. The van der Waals surface area contributed by atoms with E-state index >= 15 is 0 Å². The first-order chi connectivity index (χ1) is 17.6. The van der Waals surface area contributed by atoms with Crippen molar-refractivity contribution in [1.29, 1.82) is 0 Å². The first-order valence-corrected chi connectivity index (χ1v) is 15.0. The highest BCUT2D eigenvalue weighted by Gasteiger charge is 2.21. The topological polar surface area (TPSA) is 75.6 Å². The Morgan fingerprint density at radius 1 is 0.944 bits per heavy atom. The van der Waals surface area contributed by atoms with Crippen molar-refractivity contribution in [2.24, 2.45) is 5.92 Å². The molecule has 36 heavy (non-hydrogen) atoms. The third kappa shape index (κ3) is 8.21. The molecule has 2 aliphatic rings. The summed E-state index contributed by atoms with van der Waals surface area (Å²) >= 11 is 0. The van der Waals surface area contributed by atoms with Crippen LogP contribution in [0, 0.1) is 5.92 Å². The molecule has 0 radical (unpaired) electrons. The molecule has 2 N–H and O–H groups in total. The van der Waals surface area contributed by atoms with Gasteiger partial charge in [0.05, 0.1) is 12.2 Å². The standard InChI is InChI=1S/C30H49N5O/c1-23-13-10-11-17-26(18-12-14-23)28-21-29(33-32-28)30(36)31-24(2)22-35-20-19-27(34-35)25-15-8-6-4-3-5-7-9-16-25/h19-21,23-26H,3-18,22H2,1-2H3,(H,31,36)(H,32,33)/t23-,24-,26?/m1/s1. The predicted molar refractivity (Wildman–Crippen MR) is 146 cm³/mol. The highest BCUT2D eigenvalue weighted by atomic mass is 16.2. The molecule has 2 fully saturated rings. The number of amides is 1. The second-order valence-corrected chi connectivity index (χ2v) is 11.8. The van der Waals surface area contributed by atoms with Crippen LogP contribution < -0.4 is 5.32 Å². The second kappa shape index (κ2) is 14.0. The van der Waals surface area contributed by atoms with E-state index < -0.39 is 0 Å². The van der Waals surface area contributed by atoms with Crippen molar-refractivity contribution in [2.45, 2.75) is 141 Å². The van der Waals surface area contributed by atoms with Gasteiger partial charge in [0, 0.05) is 29.8 Å². The van der Waals surface area contributed by atoms with E-state index in [2.05, 4.69) is 41.6 Å². The summed E-state index contributed by atoms with van der Waals surface area (Å²) in [6.45, 7) is 5.11. The van der Waals surface area contributed by atoms with Crippen LogP contribution in [0.25, 0.3) is 0 Å². The number of aromatic nitrogens is 4. The van der Waals surface area contributed by atoms with Crippen LogP contribution in [0.4, 0.5) is 0 Å². The lowest BCUT2D eigenvalue weighted by Crippen LogP contribution is -2.36. The second-order valence-electron chi connectivity index (χ2n) is 11.8. The Hall–Kier alpha value is -2.11. The zero-order valence-corrected chi connectivity index (χ0v) is 22.8. The quantitative estimate of drug-likeness (QED) is 0.436. The van der Waals surface area contributed by atoms with Gasteiger partial charge in [-0.1, -0.05) is 84.0 Å². The van der Waals surface area contributed by atoms with Crippen LogP contribution in [-0.2, 0) is 6.54 Å². The van der Waals surface area contributed by atoms with E-state index in [0.29, 0.717) is 24.1 Å². The van der Waals surface area contributed by atoms with E-state index in [1.165, 1.54) is 108 Å². The largest absolute Gasteiger partial charge is 0.346 e. The van der Waals surface area contributed by atoms with Crippen LogP contribution in [0.3, 0.4) is 0 Å². The van der Waals surface area contributed by atoms with Crippen molar-refractivity contribution in [3.63, 3.8) is 0 Å². The third-order valence-electron chi connectivity index (χ3n) is 8.54. The maximum absolute atomic E-state index is 12.9. The van der Waals surface area contributed by atoms with E-state index in [0.717, 1.165) is 11.6 Å². The predicted octanol–water partition coefficient (Wildman–Crippen LogP) is 7.50. The Bertz CT molecular complexity index is 908. The van der Waals surface area contributed by atoms with E-state index in [4.69, 9.17) is 5.10 Å². The number of carbonyl (C=O) groups is 1. The van der Waals surface area contributed by atoms with Gasteiger partial charge in [-0.3, -0.25) is 14.6 Å². The average molecular weight is 496 g/mol. The molecule has 6 heteroatoms. The van der Waals surface area contributed by atoms with Crippen LogP contribution in [0.15, 0.2) is 18.3 Å². The number of nitrogens with one attached hydrogen (secondary N) is 2. The van der Waals surface area contributed by atoms with Gasteiger partial charge in [0.1, 0.15) is 5.69 Å². The smallest absolute Gasteiger partial charge is 0.272 e. The maximum atomic E-state index is 12.9. The van der Waals surface area contributed by atoms with Crippen molar-refractivity contribution in [3.8, 4) is 0 Å². The molecule has 6 nitrogen and oxygen atoms in total. The van der Waals surface area contributed by atoms with Gasteiger partial charge in [0.25, 0.3) is 5.91 Å². The number of H-pyrrole nitrogens is 1. The Morgan fingerprint density at radius 2 is 1.56 bits per heavy atom. The van der Waals surface area contributed by atoms with Crippen LogP contribution >= 0.6 is 0 Å². The molecule has 4 rings (SSSR count). The van der Waals surface area contributed by atoms with Gasteiger partial charge in [-0.05, 0) is 50.7 Å². The Labute approximate surface area is 218 Å².